The number of piperidine rings is 1. The van der Waals surface area contributed by atoms with Gasteiger partial charge in [-0.05, 0) is 37.2 Å². The van der Waals surface area contributed by atoms with Crippen LogP contribution in [0.25, 0.3) is 0 Å². The molecule has 1 aromatic heterocycles. The van der Waals surface area contributed by atoms with Crippen LogP contribution in [0.5, 0.6) is 0 Å². The van der Waals surface area contributed by atoms with Gasteiger partial charge in [-0.3, -0.25) is 18.7 Å². The number of carbonyl (C=O) groups excluding carboxylic acids is 1. The van der Waals surface area contributed by atoms with E-state index in [0.717, 1.165) is 30.5 Å². The highest BCUT2D eigenvalue weighted by molar-refractivity contribution is 7.99. The summed E-state index contributed by atoms with van der Waals surface area (Å²) in [4.78, 5) is 38.8. The van der Waals surface area contributed by atoms with Gasteiger partial charge in [0.15, 0.2) is 0 Å². The largest absolute Gasteiger partial charge is 0.348 e. The van der Waals surface area contributed by atoms with Gasteiger partial charge in [-0.25, -0.2) is 4.79 Å². The molecule has 0 bridgehead atoms. The van der Waals surface area contributed by atoms with Gasteiger partial charge in [-0.2, -0.15) is 11.8 Å². The van der Waals surface area contributed by atoms with Crippen LogP contribution < -0.4 is 16.6 Å². The summed E-state index contributed by atoms with van der Waals surface area (Å²) in [6, 6.07) is 2.02. The predicted octanol–water partition coefficient (Wildman–Crippen LogP) is 0.174. The van der Waals surface area contributed by atoms with E-state index in [9.17, 15) is 14.4 Å². The molecule has 2 aliphatic heterocycles. The fourth-order valence-corrected chi connectivity index (χ4v) is 4.75. The Morgan fingerprint density at radius 2 is 1.72 bits per heavy atom. The van der Waals surface area contributed by atoms with E-state index < -0.39 is 11.2 Å². The molecule has 3 rings (SSSR count). The molecule has 138 valence electrons. The van der Waals surface area contributed by atoms with E-state index in [-0.39, 0.29) is 17.6 Å². The Morgan fingerprint density at radius 1 is 1.08 bits per heavy atom. The normalized spacial score (nSPS) is 20.6. The predicted molar refractivity (Wildman–Crippen MR) is 99.3 cm³/mol. The molecule has 2 saturated heterocycles. The first kappa shape index (κ1) is 18.3. The van der Waals surface area contributed by atoms with Crippen LogP contribution in [0.1, 0.15) is 36.2 Å². The first-order chi connectivity index (χ1) is 12.0. The highest BCUT2D eigenvalue weighted by Gasteiger charge is 2.27. The number of nitrogens with zero attached hydrogens (tertiary/aromatic N) is 3. The minimum atomic E-state index is -0.484. The summed E-state index contributed by atoms with van der Waals surface area (Å²) in [5.74, 6) is 2.15. The maximum absolute atomic E-state index is 12.5. The molecule has 0 aliphatic carbocycles. The van der Waals surface area contributed by atoms with E-state index in [1.54, 1.807) is 0 Å². The zero-order valence-electron chi connectivity index (χ0n) is 14.9. The molecule has 2 aliphatic rings. The van der Waals surface area contributed by atoms with Crippen molar-refractivity contribution in [1.29, 1.82) is 0 Å². The number of nitrogens with one attached hydrogen (secondary N) is 1. The molecule has 2 fully saturated rings. The Kier molecular flexibility index (Phi) is 5.68. The van der Waals surface area contributed by atoms with Crippen molar-refractivity contribution in [2.45, 2.75) is 37.8 Å². The van der Waals surface area contributed by atoms with Crippen molar-refractivity contribution < 1.29 is 4.79 Å². The standard InChI is InChI=1S/C17H26N4O3S/c1-19-14(11-15(22)20(2)17(19)24)16(23)18-12-3-7-21(8-4-12)13-5-9-25-10-6-13/h11-13H,3-10H2,1-2H3,(H,18,23). The van der Waals surface area contributed by atoms with E-state index in [2.05, 4.69) is 10.2 Å². The second-order valence-electron chi connectivity index (χ2n) is 6.90. The minimum absolute atomic E-state index is 0.0980. The molecule has 0 saturated carbocycles. The molecule has 1 N–H and O–H groups in total. The molecule has 0 radical (unpaired) electrons. The zero-order valence-corrected chi connectivity index (χ0v) is 15.7. The number of hydrogen-bond acceptors (Lipinski definition) is 5. The van der Waals surface area contributed by atoms with Gasteiger partial charge in [0.2, 0.25) is 0 Å². The molecule has 3 heterocycles. The zero-order chi connectivity index (χ0) is 18.0. The number of rotatable bonds is 3. The highest BCUT2D eigenvalue weighted by atomic mass is 32.2. The van der Waals surface area contributed by atoms with Crippen molar-refractivity contribution in [1.82, 2.24) is 19.4 Å². The molecule has 0 spiro atoms. The van der Waals surface area contributed by atoms with Crippen LogP contribution in [-0.4, -0.2) is 56.6 Å². The molecule has 7 nitrogen and oxygen atoms in total. The van der Waals surface area contributed by atoms with Crippen molar-refractivity contribution in [3.05, 3.63) is 32.6 Å². The highest BCUT2D eigenvalue weighted by Crippen LogP contribution is 2.24. The molecule has 0 atom stereocenters. The number of amides is 1. The smallest absolute Gasteiger partial charge is 0.331 e. The number of hydrogen-bond donors (Lipinski definition) is 1. The first-order valence-electron chi connectivity index (χ1n) is 8.87. The first-order valence-corrected chi connectivity index (χ1v) is 10.0. The van der Waals surface area contributed by atoms with Gasteiger partial charge in [-0.1, -0.05) is 0 Å². The average Bonchev–Trinajstić information content (AvgIpc) is 2.64. The molecule has 0 unspecified atom stereocenters. The molecular weight excluding hydrogens is 340 g/mol. The number of likely N-dealkylation sites (tertiary alicyclic amines) is 1. The fraction of sp³-hybridized carbons (Fsp3) is 0.706. The van der Waals surface area contributed by atoms with Crippen molar-refractivity contribution in [2.24, 2.45) is 14.1 Å². The summed E-state index contributed by atoms with van der Waals surface area (Å²) in [6.45, 7) is 1.99. The van der Waals surface area contributed by atoms with Crippen molar-refractivity contribution in [2.75, 3.05) is 24.6 Å². The molecular formula is C17H26N4O3S. The fourth-order valence-electron chi connectivity index (χ4n) is 3.67. The summed E-state index contributed by atoms with van der Waals surface area (Å²) in [5, 5.41) is 3.00. The van der Waals surface area contributed by atoms with Gasteiger partial charge < -0.3 is 10.2 Å². The molecule has 1 aromatic rings. The van der Waals surface area contributed by atoms with E-state index in [1.807, 2.05) is 11.8 Å². The Bertz CT molecular complexity index is 743. The van der Waals surface area contributed by atoms with Crippen LogP contribution >= 0.6 is 11.8 Å². The van der Waals surface area contributed by atoms with Crippen LogP contribution in [0.4, 0.5) is 0 Å². The topological polar surface area (TPSA) is 76.3 Å². The quantitative estimate of drug-likeness (QED) is 0.826. The Balaban J connectivity index is 1.60. The van der Waals surface area contributed by atoms with Crippen LogP contribution in [0.3, 0.4) is 0 Å². The van der Waals surface area contributed by atoms with E-state index >= 15 is 0 Å². The second-order valence-corrected chi connectivity index (χ2v) is 8.12. The van der Waals surface area contributed by atoms with Gasteiger partial charge in [0.25, 0.3) is 11.5 Å². The molecule has 0 aromatic carbocycles. The Labute approximate surface area is 151 Å². The average molecular weight is 366 g/mol. The van der Waals surface area contributed by atoms with Gasteiger partial charge in [0.05, 0.1) is 0 Å². The lowest BCUT2D eigenvalue weighted by molar-refractivity contribution is 0.0876. The van der Waals surface area contributed by atoms with E-state index in [4.69, 9.17) is 0 Å². The Hall–Kier alpha value is -1.54. The summed E-state index contributed by atoms with van der Waals surface area (Å²) >= 11 is 2.04. The van der Waals surface area contributed by atoms with Crippen molar-refractivity contribution in [3.8, 4) is 0 Å². The second kappa shape index (κ2) is 7.78. The third-order valence-electron chi connectivity index (χ3n) is 5.33. The number of carbonyl (C=O) groups is 1. The summed E-state index contributed by atoms with van der Waals surface area (Å²) in [6.07, 6.45) is 4.34. The maximum Gasteiger partial charge on any atom is 0.331 e. The molecule has 1 amide bonds. The van der Waals surface area contributed by atoms with Gasteiger partial charge in [0, 0.05) is 45.3 Å². The third-order valence-corrected chi connectivity index (χ3v) is 6.38. The van der Waals surface area contributed by atoms with Gasteiger partial charge in [-0.15, -0.1) is 0 Å². The molecule has 8 heteroatoms. The van der Waals surface area contributed by atoms with E-state index in [1.165, 1.54) is 49.1 Å². The lowest BCUT2D eigenvalue weighted by Crippen LogP contribution is -2.49. The monoisotopic (exact) mass is 366 g/mol. The number of aromatic nitrogens is 2. The summed E-state index contributed by atoms with van der Waals surface area (Å²) in [7, 11) is 2.92. The lowest BCUT2D eigenvalue weighted by atomic mass is 10.0. The van der Waals surface area contributed by atoms with Crippen LogP contribution in [0.15, 0.2) is 15.7 Å². The van der Waals surface area contributed by atoms with Gasteiger partial charge in [0.1, 0.15) is 5.69 Å². The van der Waals surface area contributed by atoms with Crippen molar-refractivity contribution >= 4 is 17.7 Å². The van der Waals surface area contributed by atoms with Crippen LogP contribution in [0.2, 0.25) is 0 Å². The minimum Gasteiger partial charge on any atom is -0.348 e. The van der Waals surface area contributed by atoms with Crippen LogP contribution in [-0.2, 0) is 14.1 Å². The van der Waals surface area contributed by atoms with Crippen molar-refractivity contribution in [3.63, 3.8) is 0 Å². The summed E-state index contributed by atoms with van der Waals surface area (Å²) < 4.78 is 2.23. The van der Waals surface area contributed by atoms with E-state index in [0.29, 0.717) is 6.04 Å². The molecule has 25 heavy (non-hydrogen) atoms. The maximum atomic E-state index is 12.5. The summed E-state index contributed by atoms with van der Waals surface area (Å²) in [5.41, 5.74) is -0.819. The number of thioether (sulfide) groups is 1. The SMILES string of the molecule is Cn1c(C(=O)NC2CCN(C3CCSCC3)CC2)cc(=O)n(C)c1=O. The van der Waals surface area contributed by atoms with Gasteiger partial charge >= 0.3 is 5.69 Å². The third kappa shape index (κ3) is 4.00. The Morgan fingerprint density at radius 3 is 2.36 bits per heavy atom. The lowest BCUT2D eigenvalue weighted by Gasteiger charge is -2.39. The van der Waals surface area contributed by atoms with Crippen LogP contribution in [0, 0.1) is 0 Å².